The Balaban J connectivity index is 1.97. The lowest BCUT2D eigenvalue weighted by atomic mass is 10.0. The van der Waals surface area contributed by atoms with Gasteiger partial charge in [0.15, 0.2) is 0 Å². The van der Waals surface area contributed by atoms with Crippen LogP contribution in [0.5, 0.6) is 11.8 Å². The molecule has 2 heterocycles. The molecule has 19 heavy (non-hydrogen) atoms. The maximum Gasteiger partial charge on any atom is 0.204 e. The SMILES string of the molecule is Cc1cccc(-n2c(O)c3c(c2O)C2C=CC3C2)n1. The van der Waals surface area contributed by atoms with Crippen molar-refractivity contribution in [1.82, 2.24) is 9.55 Å². The van der Waals surface area contributed by atoms with Crippen LogP contribution in [-0.4, -0.2) is 19.8 Å². The normalized spacial score (nSPS) is 23.0. The molecule has 2 aliphatic carbocycles. The van der Waals surface area contributed by atoms with E-state index in [0.29, 0.717) is 5.82 Å². The first kappa shape index (κ1) is 10.7. The van der Waals surface area contributed by atoms with Gasteiger partial charge < -0.3 is 10.2 Å². The molecule has 0 spiro atoms. The molecule has 2 N–H and O–H groups in total. The van der Waals surface area contributed by atoms with Crippen LogP contribution in [0.25, 0.3) is 5.82 Å². The second-order valence-corrected chi connectivity index (χ2v) is 5.28. The minimum Gasteiger partial charge on any atom is -0.494 e. The highest BCUT2D eigenvalue weighted by molar-refractivity contribution is 5.61. The van der Waals surface area contributed by atoms with Crippen LogP contribution >= 0.6 is 0 Å². The van der Waals surface area contributed by atoms with Gasteiger partial charge in [-0.05, 0) is 25.5 Å². The molecular formula is C15H14N2O2. The fourth-order valence-corrected chi connectivity index (χ4v) is 3.31. The van der Waals surface area contributed by atoms with Crippen molar-refractivity contribution in [3.8, 4) is 17.6 Å². The van der Waals surface area contributed by atoms with Crippen molar-refractivity contribution in [2.24, 2.45) is 0 Å². The molecule has 2 unspecified atom stereocenters. The zero-order chi connectivity index (χ0) is 13.1. The molecular weight excluding hydrogens is 240 g/mol. The number of rotatable bonds is 1. The van der Waals surface area contributed by atoms with Gasteiger partial charge in [0.05, 0.1) is 0 Å². The van der Waals surface area contributed by atoms with Crippen LogP contribution in [0.4, 0.5) is 0 Å². The topological polar surface area (TPSA) is 58.3 Å². The first-order valence-electron chi connectivity index (χ1n) is 6.45. The lowest BCUT2D eigenvalue weighted by Crippen LogP contribution is -1.99. The van der Waals surface area contributed by atoms with Crippen LogP contribution in [0.2, 0.25) is 0 Å². The quantitative estimate of drug-likeness (QED) is 0.769. The number of allylic oxidation sites excluding steroid dienone is 2. The second kappa shape index (κ2) is 3.41. The molecule has 96 valence electrons. The smallest absolute Gasteiger partial charge is 0.204 e. The van der Waals surface area contributed by atoms with E-state index in [-0.39, 0.29) is 23.6 Å². The van der Waals surface area contributed by atoms with Gasteiger partial charge in [-0.25, -0.2) is 9.55 Å². The van der Waals surface area contributed by atoms with Gasteiger partial charge in [-0.2, -0.15) is 0 Å². The predicted octanol–water partition coefficient (Wildman–Crippen LogP) is 2.73. The predicted molar refractivity (Wildman–Crippen MR) is 70.9 cm³/mol. The minimum absolute atomic E-state index is 0.127. The maximum absolute atomic E-state index is 10.4. The Bertz CT molecular complexity index is 680. The van der Waals surface area contributed by atoms with Crippen molar-refractivity contribution in [3.63, 3.8) is 0 Å². The van der Waals surface area contributed by atoms with Crippen molar-refractivity contribution >= 4 is 0 Å². The number of aryl methyl sites for hydroxylation is 1. The summed E-state index contributed by atoms with van der Waals surface area (Å²) in [4.78, 5) is 4.37. The van der Waals surface area contributed by atoms with E-state index in [0.717, 1.165) is 23.2 Å². The highest BCUT2D eigenvalue weighted by Gasteiger charge is 2.41. The number of fused-ring (bicyclic) bond motifs is 5. The van der Waals surface area contributed by atoms with Crippen LogP contribution in [-0.2, 0) is 0 Å². The first-order chi connectivity index (χ1) is 9.16. The standard InChI is InChI=1S/C15H14N2O2/c1-8-3-2-4-11(16-8)17-14(18)12-9-5-6-10(7-9)13(12)15(17)19/h2-6,9-10,18-19H,7H2,1H3. The molecule has 0 aliphatic heterocycles. The molecule has 0 aromatic carbocycles. The third-order valence-corrected chi connectivity index (χ3v) is 4.12. The number of hydrogen-bond donors (Lipinski definition) is 2. The van der Waals surface area contributed by atoms with E-state index >= 15 is 0 Å². The van der Waals surface area contributed by atoms with Crippen LogP contribution in [0, 0.1) is 6.92 Å². The van der Waals surface area contributed by atoms with Crippen molar-refractivity contribution in [1.29, 1.82) is 0 Å². The van der Waals surface area contributed by atoms with E-state index in [4.69, 9.17) is 0 Å². The van der Waals surface area contributed by atoms with Gasteiger partial charge in [0.25, 0.3) is 0 Å². The fraction of sp³-hybridized carbons (Fsp3) is 0.267. The minimum atomic E-state index is 0.127. The molecule has 0 saturated carbocycles. The lowest BCUT2D eigenvalue weighted by molar-refractivity contribution is 0.393. The van der Waals surface area contributed by atoms with Crippen LogP contribution in [0.15, 0.2) is 30.4 Å². The summed E-state index contributed by atoms with van der Waals surface area (Å²) in [5.74, 6) is 1.28. The Hall–Kier alpha value is -2.23. The summed E-state index contributed by atoms with van der Waals surface area (Å²) >= 11 is 0. The third-order valence-electron chi connectivity index (χ3n) is 4.12. The zero-order valence-corrected chi connectivity index (χ0v) is 10.5. The molecule has 0 saturated heterocycles. The van der Waals surface area contributed by atoms with Gasteiger partial charge in [-0.3, -0.25) is 0 Å². The molecule has 4 nitrogen and oxygen atoms in total. The molecule has 2 aromatic heterocycles. The number of nitrogens with zero attached hydrogens (tertiary/aromatic N) is 2. The Labute approximate surface area is 110 Å². The molecule has 4 heteroatoms. The molecule has 0 amide bonds. The van der Waals surface area contributed by atoms with Gasteiger partial charge in [-0.1, -0.05) is 18.2 Å². The maximum atomic E-state index is 10.4. The van der Waals surface area contributed by atoms with Crippen molar-refractivity contribution in [2.75, 3.05) is 0 Å². The Morgan fingerprint density at radius 2 is 1.74 bits per heavy atom. The second-order valence-electron chi connectivity index (χ2n) is 5.28. The van der Waals surface area contributed by atoms with Gasteiger partial charge in [-0.15, -0.1) is 0 Å². The average molecular weight is 254 g/mol. The van der Waals surface area contributed by atoms with Gasteiger partial charge in [0.2, 0.25) is 11.8 Å². The van der Waals surface area contributed by atoms with Gasteiger partial charge >= 0.3 is 0 Å². The lowest BCUT2D eigenvalue weighted by Gasteiger charge is -2.09. The zero-order valence-electron chi connectivity index (χ0n) is 10.5. The monoisotopic (exact) mass is 254 g/mol. The molecule has 0 radical (unpaired) electrons. The highest BCUT2D eigenvalue weighted by atomic mass is 16.3. The van der Waals surface area contributed by atoms with E-state index in [1.54, 1.807) is 6.07 Å². The van der Waals surface area contributed by atoms with Crippen molar-refractivity contribution in [2.45, 2.75) is 25.2 Å². The number of aromatic nitrogens is 2. The molecule has 4 rings (SSSR count). The third kappa shape index (κ3) is 1.26. The van der Waals surface area contributed by atoms with E-state index in [9.17, 15) is 10.2 Å². The largest absolute Gasteiger partial charge is 0.494 e. The Kier molecular flexibility index (Phi) is 1.91. The summed E-state index contributed by atoms with van der Waals surface area (Å²) in [5.41, 5.74) is 2.59. The van der Waals surface area contributed by atoms with Crippen LogP contribution in [0.1, 0.15) is 35.1 Å². The molecule has 2 aliphatic rings. The van der Waals surface area contributed by atoms with E-state index in [1.807, 2.05) is 19.1 Å². The Morgan fingerprint density at radius 1 is 1.11 bits per heavy atom. The van der Waals surface area contributed by atoms with Gasteiger partial charge in [0, 0.05) is 28.7 Å². The highest BCUT2D eigenvalue weighted by Crippen LogP contribution is 2.56. The summed E-state index contributed by atoms with van der Waals surface area (Å²) < 4.78 is 1.45. The van der Waals surface area contributed by atoms with Crippen LogP contribution < -0.4 is 0 Å². The summed E-state index contributed by atoms with van der Waals surface area (Å²) in [5, 5.41) is 20.9. The Morgan fingerprint density at radius 3 is 2.32 bits per heavy atom. The summed E-state index contributed by atoms with van der Waals surface area (Å²) in [6, 6.07) is 5.55. The summed E-state index contributed by atoms with van der Waals surface area (Å²) in [7, 11) is 0. The molecule has 2 bridgehead atoms. The molecule has 2 atom stereocenters. The number of aromatic hydroxyl groups is 2. The first-order valence-corrected chi connectivity index (χ1v) is 6.45. The van der Waals surface area contributed by atoms with E-state index in [2.05, 4.69) is 17.1 Å². The van der Waals surface area contributed by atoms with Crippen LogP contribution in [0.3, 0.4) is 0 Å². The summed E-state index contributed by atoms with van der Waals surface area (Å²) in [6.45, 7) is 1.89. The van der Waals surface area contributed by atoms with Gasteiger partial charge in [0.1, 0.15) is 5.82 Å². The van der Waals surface area contributed by atoms with E-state index in [1.165, 1.54) is 4.57 Å². The number of pyridine rings is 1. The molecule has 2 aromatic rings. The fourth-order valence-electron chi connectivity index (χ4n) is 3.31. The van der Waals surface area contributed by atoms with Crippen molar-refractivity contribution < 1.29 is 10.2 Å². The van der Waals surface area contributed by atoms with Crippen molar-refractivity contribution in [3.05, 3.63) is 47.2 Å². The number of hydrogen-bond acceptors (Lipinski definition) is 3. The van der Waals surface area contributed by atoms with E-state index < -0.39 is 0 Å². The molecule has 0 fully saturated rings. The summed E-state index contributed by atoms with van der Waals surface area (Å²) in [6.07, 6.45) is 5.19. The average Bonchev–Trinajstić information content (AvgIpc) is 3.04.